The Hall–Kier alpha value is -3.04. The van der Waals surface area contributed by atoms with Crippen molar-refractivity contribution in [1.29, 1.82) is 0 Å². The smallest absolute Gasteiger partial charge is 0.308 e. The van der Waals surface area contributed by atoms with Crippen LogP contribution in [0.4, 0.5) is 11.4 Å². The molecule has 1 aliphatic rings. The Labute approximate surface area is 123 Å². The predicted molar refractivity (Wildman–Crippen MR) is 71.4 cm³/mol. The molecule has 0 aliphatic heterocycles. The van der Waals surface area contributed by atoms with Gasteiger partial charge in [-0.1, -0.05) is 0 Å². The van der Waals surface area contributed by atoms with E-state index in [1.165, 1.54) is 0 Å². The number of nitrogens with zero attached hydrogens (tertiary/aromatic N) is 2. The Morgan fingerprint density at radius 1 is 1.09 bits per heavy atom. The minimum atomic E-state index is -1.04. The molecule has 0 unspecified atom stereocenters. The SMILES string of the molecule is O=C(N[C@@H]1CC[C@@H]1C(=O)O)c1cc([N+](=O)[O-])cc([N+](=O)[O-])c1. The predicted octanol–water partition coefficient (Wildman–Crippen LogP) is 1.10. The molecule has 1 aromatic rings. The molecule has 116 valence electrons. The van der Waals surface area contributed by atoms with Crippen LogP contribution >= 0.6 is 0 Å². The van der Waals surface area contributed by atoms with Crippen LogP contribution in [0.25, 0.3) is 0 Å². The molecule has 1 aromatic carbocycles. The van der Waals surface area contributed by atoms with Gasteiger partial charge in [0, 0.05) is 18.2 Å². The highest BCUT2D eigenvalue weighted by Gasteiger charge is 2.37. The third-order valence-electron chi connectivity index (χ3n) is 3.49. The number of aliphatic carboxylic acids is 1. The van der Waals surface area contributed by atoms with Gasteiger partial charge in [-0.3, -0.25) is 29.8 Å². The maximum absolute atomic E-state index is 12.0. The van der Waals surface area contributed by atoms with Gasteiger partial charge in [0.25, 0.3) is 17.3 Å². The van der Waals surface area contributed by atoms with Crippen molar-refractivity contribution >= 4 is 23.3 Å². The van der Waals surface area contributed by atoms with Crippen molar-refractivity contribution in [2.75, 3.05) is 0 Å². The average Bonchev–Trinajstić information content (AvgIpc) is 2.41. The lowest BCUT2D eigenvalue weighted by molar-refractivity contribution is -0.394. The normalized spacial score (nSPS) is 19.8. The van der Waals surface area contributed by atoms with E-state index in [1.807, 2.05) is 0 Å². The zero-order valence-corrected chi connectivity index (χ0v) is 11.1. The number of carbonyl (C=O) groups excluding carboxylic acids is 1. The number of nitro groups is 2. The van der Waals surface area contributed by atoms with E-state index in [1.54, 1.807) is 0 Å². The molecule has 0 heterocycles. The van der Waals surface area contributed by atoms with E-state index in [4.69, 9.17) is 5.11 Å². The fourth-order valence-corrected chi connectivity index (χ4v) is 2.16. The van der Waals surface area contributed by atoms with Gasteiger partial charge in [0.05, 0.1) is 27.4 Å². The summed E-state index contributed by atoms with van der Waals surface area (Å²) in [5, 5.41) is 32.8. The molecule has 1 aliphatic carbocycles. The Morgan fingerprint density at radius 2 is 1.64 bits per heavy atom. The van der Waals surface area contributed by atoms with Gasteiger partial charge in [-0.15, -0.1) is 0 Å². The molecule has 22 heavy (non-hydrogen) atoms. The Balaban J connectivity index is 2.23. The van der Waals surface area contributed by atoms with Gasteiger partial charge in [0.15, 0.2) is 0 Å². The summed E-state index contributed by atoms with van der Waals surface area (Å²) in [4.78, 5) is 42.7. The molecule has 1 amide bonds. The van der Waals surface area contributed by atoms with Gasteiger partial charge in [0.2, 0.25) is 0 Å². The number of nitro benzene ring substituents is 2. The van der Waals surface area contributed by atoms with Crippen LogP contribution in [0.3, 0.4) is 0 Å². The number of nitrogens with one attached hydrogen (secondary N) is 1. The van der Waals surface area contributed by atoms with Crippen LogP contribution in [0, 0.1) is 26.1 Å². The van der Waals surface area contributed by atoms with Crippen LogP contribution < -0.4 is 5.32 Å². The van der Waals surface area contributed by atoms with Gasteiger partial charge >= 0.3 is 5.97 Å². The van der Waals surface area contributed by atoms with Gasteiger partial charge in [-0.2, -0.15) is 0 Å². The zero-order valence-electron chi connectivity index (χ0n) is 11.1. The molecule has 0 saturated heterocycles. The first-order valence-electron chi connectivity index (χ1n) is 6.27. The molecule has 2 atom stereocenters. The number of carbonyl (C=O) groups is 2. The lowest BCUT2D eigenvalue weighted by atomic mass is 9.79. The highest BCUT2D eigenvalue weighted by atomic mass is 16.6. The topological polar surface area (TPSA) is 153 Å². The van der Waals surface area contributed by atoms with Crippen molar-refractivity contribution in [2.24, 2.45) is 5.92 Å². The van der Waals surface area contributed by atoms with Crippen molar-refractivity contribution in [3.63, 3.8) is 0 Å². The molecule has 1 fully saturated rings. The lowest BCUT2D eigenvalue weighted by Gasteiger charge is -2.33. The average molecular weight is 309 g/mol. The zero-order chi connectivity index (χ0) is 16.4. The molecule has 0 spiro atoms. The van der Waals surface area contributed by atoms with Crippen LogP contribution in [-0.4, -0.2) is 32.9 Å². The largest absolute Gasteiger partial charge is 0.481 e. The van der Waals surface area contributed by atoms with Crippen LogP contribution in [0.15, 0.2) is 18.2 Å². The van der Waals surface area contributed by atoms with Gasteiger partial charge in [0.1, 0.15) is 0 Å². The summed E-state index contributed by atoms with van der Waals surface area (Å²) in [6.45, 7) is 0. The molecule has 10 nitrogen and oxygen atoms in total. The second-order valence-electron chi connectivity index (χ2n) is 4.85. The first kappa shape index (κ1) is 15.4. The van der Waals surface area contributed by atoms with Gasteiger partial charge in [-0.25, -0.2) is 0 Å². The molecule has 0 radical (unpaired) electrons. The van der Waals surface area contributed by atoms with E-state index >= 15 is 0 Å². The van der Waals surface area contributed by atoms with E-state index in [0.29, 0.717) is 12.8 Å². The summed E-state index contributed by atoms with van der Waals surface area (Å²) < 4.78 is 0. The van der Waals surface area contributed by atoms with Crippen molar-refractivity contribution in [3.8, 4) is 0 Å². The number of rotatable bonds is 5. The van der Waals surface area contributed by atoms with Crippen molar-refractivity contribution in [3.05, 3.63) is 44.0 Å². The van der Waals surface area contributed by atoms with Crippen LogP contribution in [0.1, 0.15) is 23.2 Å². The van der Waals surface area contributed by atoms with Crippen LogP contribution in [0.2, 0.25) is 0 Å². The maximum Gasteiger partial charge on any atom is 0.308 e. The fraction of sp³-hybridized carbons (Fsp3) is 0.333. The van der Waals surface area contributed by atoms with E-state index < -0.39 is 45.1 Å². The maximum atomic E-state index is 12.0. The molecule has 2 rings (SSSR count). The van der Waals surface area contributed by atoms with Crippen molar-refractivity contribution in [2.45, 2.75) is 18.9 Å². The number of benzene rings is 1. The summed E-state index contributed by atoms with van der Waals surface area (Å²) in [6, 6.07) is 2.00. The van der Waals surface area contributed by atoms with E-state index in [0.717, 1.165) is 18.2 Å². The summed E-state index contributed by atoms with van der Waals surface area (Å²) >= 11 is 0. The first-order chi connectivity index (χ1) is 10.3. The van der Waals surface area contributed by atoms with Crippen LogP contribution in [-0.2, 0) is 4.79 Å². The van der Waals surface area contributed by atoms with Crippen molar-refractivity contribution < 1.29 is 24.5 Å². The number of carboxylic acids is 1. The second kappa shape index (κ2) is 5.76. The lowest BCUT2D eigenvalue weighted by Crippen LogP contribution is -2.49. The third-order valence-corrected chi connectivity index (χ3v) is 3.49. The molecular weight excluding hydrogens is 298 g/mol. The molecule has 1 saturated carbocycles. The Morgan fingerprint density at radius 3 is 2.00 bits per heavy atom. The standard InChI is InChI=1S/C12H11N3O7/c16-11(13-10-2-1-9(10)12(17)18)6-3-7(14(19)20)5-8(4-6)15(21)22/h3-5,9-10H,1-2H2,(H,13,16)(H,17,18)/t9-,10+/m0/s1. The van der Waals surface area contributed by atoms with E-state index in [9.17, 15) is 29.8 Å². The highest BCUT2D eigenvalue weighted by molar-refractivity contribution is 5.96. The summed E-state index contributed by atoms with van der Waals surface area (Å²) in [5.41, 5.74) is -1.41. The number of carboxylic acid groups (broad SMARTS) is 1. The first-order valence-corrected chi connectivity index (χ1v) is 6.27. The number of amides is 1. The fourth-order valence-electron chi connectivity index (χ4n) is 2.16. The van der Waals surface area contributed by atoms with Gasteiger partial charge in [-0.05, 0) is 12.8 Å². The summed E-state index contributed by atoms with van der Waals surface area (Å²) in [5.74, 6) is -2.53. The molecule has 0 bridgehead atoms. The Bertz CT molecular complexity index is 640. The quantitative estimate of drug-likeness (QED) is 0.609. The minimum absolute atomic E-state index is 0.253. The summed E-state index contributed by atoms with van der Waals surface area (Å²) in [6.07, 6.45) is 0.898. The molecule has 0 aromatic heterocycles. The number of hydrogen-bond acceptors (Lipinski definition) is 6. The molecule has 2 N–H and O–H groups in total. The van der Waals surface area contributed by atoms with E-state index in [-0.39, 0.29) is 5.56 Å². The second-order valence-corrected chi connectivity index (χ2v) is 4.85. The minimum Gasteiger partial charge on any atom is -0.481 e. The summed E-state index contributed by atoms with van der Waals surface area (Å²) in [7, 11) is 0. The van der Waals surface area contributed by atoms with Gasteiger partial charge < -0.3 is 10.4 Å². The third kappa shape index (κ3) is 3.00. The number of hydrogen-bond donors (Lipinski definition) is 2. The van der Waals surface area contributed by atoms with Crippen molar-refractivity contribution in [1.82, 2.24) is 5.32 Å². The van der Waals surface area contributed by atoms with E-state index in [2.05, 4.69) is 5.32 Å². The molecular formula is C12H11N3O7. The number of non-ortho nitro benzene ring substituents is 2. The van der Waals surface area contributed by atoms with Crippen LogP contribution in [0.5, 0.6) is 0 Å². The monoisotopic (exact) mass is 309 g/mol. The Kier molecular flexibility index (Phi) is 4.02. The highest BCUT2D eigenvalue weighted by Crippen LogP contribution is 2.28. The molecule has 10 heteroatoms.